The van der Waals surface area contributed by atoms with Crippen LogP contribution >= 0.6 is 0 Å². The molecule has 1 atom stereocenters. The summed E-state index contributed by atoms with van der Waals surface area (Å²) in [5, 5.41) is 11.4. The molecule has 0 aromatic heterocycles. The fraction of sp³-hybridized carbons (Fsp3) is 0.385. The number of amides is 1. The number of halogens is 1. The third-order valence-corrected chi connectivity index (χ3v) is 2.35. The summed E-state index contributed by atoms with van der Waals surface area (Å²) in [5.41, 5.74) is -0.226. The Morgan fingerprint density at radius 3 is 2.68 bits per heavy atom. The van der Waals surface area contributed by atoms with Crippen molar-refractivity contribution in [3.8, 4) is 5.75 Å². The lowest BCUT2D eigenvalue weighted by molar-refractivity contribution is -0.127. The quantitative estimate of drug-likeness (QED) is 0.826. The fourth-order valence-electron chi connectivity index (χ4n) is 1.40. The molecule has 2 N–H and O–H groups in total. The average Bonchev–Trinajstić information content (AvgIpc) is 2.34. The zero-order valence-corrected chi connectivity index (χ0v) is 10.8. The number of carbonyl (C=O) groups is 2. The van der Waals surface area contributed by atoms with E-state index in [0.29, 0.717) is 6.54 Å². The van der Waals surface area contributed by atoms with Crippen LogP contribution in [0.3, 0.4) is 0 Å². The van der Waals surface area contributed by atoms with Gasteiger partial charge in [-0.25, -0.2) is 9.18 Å². The normalized spacial score (nSPS) is 11.7. The minimum absolute atomic E-state index is 0.0107. The number of aromatic carboxylic acids is 1. The predicted octanol–water partition coefficient (Wildman–Crippen LogP) is 1.82. The van der Waals surface area contributed by atoms with E-state index in [9.17, 15) is 14.0 Å². The van der Waals surface area contributed by atoms with Gasteiger partial charge in [0.15, 0.2) is 6.10 Å². The number of hydrogen-bond acceptors (Lipinski definition) is 3. The van der Waals surface area contributed by atoms with Crippen molar-refractivity contribution in [3.05, 3.63) is 29.6 Å². The van der Waals surface area contributed by atoms with Crippen LogP contribution in [0, 0.1) is 5.82 Å². The summed E-state index contributed by atoms with van der Waals surface area (Å²) in [6.45, 7) is 3.95. The lowest BCUT2D eigenvalue weighted by atomic mass is 10.2. The Hall–Kier alpha value is -2.11. The van der Waals surface area contributed by atoms with Crippen LogP contribution in [0.25, 0.3) is 0 Å². The SMILES string of the molecule is CCCNC(=O)C(C)Oc1cc(F)cc(C(=O)O)c1. The molecule has 0 saturated carbocycles. The van der Waals surface area contributed by atoms with Crippen molar-refractivity contribution < 1.29 is 23.8 Å². The number of carboxylic acid groups (broad SMARTS) is 1. The van der Waals surface area contributed by atoms with Gasteiger partial charge in [0.05, 0.1) is 5.56 Å². The van der Waals surface area contributed by atoms with E-state index in [2.05, 4.69) is 5.32 Å². The van der Waals surface area contributed by atoms with Crippen molar-refractivity contribution >= 4 is 11.9 Å². The first-order valence-electron chi connectivity index (χ1n) is 5.92. The van der Waals surface area contributed by atoms with E-state index < -0.39 is 17.9 Å². The largest absolute Gasteiger partial charge is 0.481 e. The lowest BCUT2D eigenvalue weighted by Gasteiger charge is -2.14. The van der Waals surface area contributed by atoms with Gasteiger partial charge in [-0.3, -0.25) is 4.79 Å². The van der Waals surface area contributed by atoms with Gasteiger partial charge in [0.1, 0.15) is 11.6 Å². The maximum Gasteiger partial charge on any atom is 0.335 e. The Labute approximate surface area is 110 Å². The van der Waals surface area contributed by atoms with Gasteiger partial charge in [0.2, 0.25) is 0 Å². The number of hydrogen-bond donors (Lipinski definition) is 2. The number of carboxylic acids is 1. The third-order valence-electron chi connectivity index (χ3n) is 2.35. The van der Waals surface area contributed by atoms with E-state index in [4.69, 9.17) is 9.84 Å². The van der Waals surface area contributed by atoms with Gasteiger partial charge < -0.3 is 15.2 Å². The van der Waals surface area contributed by atoms with Crippen molar-refractivity contribution in [3.63, 3.8) is 0 Å². The van der Waals surface area contributed by atoms with Gasteiger partial charge in [0.25, 0.3) is 5.91 Å². The second-order valence-corrected chi connectivity index (χ2v) is 4.03. The molecule has 0 aliphatic heterocycles. The van der Waals surface area contributed by atoms with E-state index in [-0.39, 0.29) is 17.2 Å². The Balaban J connectivity index is 2.76. The van der Waals surface area contributed by atoms with Gasteiger partial charge in [0, 0.05) is 12.6 Å². The second kappa shape index (κ2) is 6.72. The third kappa shape index (κ3) is 4.57. The molecular formula is C13H16FNO4. The van der Waals surface area contributed by atoms with E-state index in [1.807, 2.05) is 6.92 Å². The highest BCUT2D eigenvalue weighted by molar-refractivity contribution is 5.88. The van der Waals surface area contributed by atoms with E-state index >= 15 is 0 Å². The van der Waals surface area contributed by atoms with Crippen molar-refractivity contribution in [2.75, 3.05) is 6.54 Å². The maximum absolute atomic E-state index is 13.2. The molecule has 1 aromatic carbocycles. The zero-order chi connectivity index (χ0) is 14.4. The lowest BCUT2D eigenvalue weighted by Crippen LogP contribution is -2.36. The minimum atomic E-state index is -1.26. The van der Waals surface area contributed by atoms with E-state index in [1.54, 1.807) is 0 Å². The first-order chi connectivity index (χ1) is 8.93. The molecule has 5 nitrogen and oxygen atoms in total. The molecule has 0 spiro atoms. The Morgan fingerprint density at radius 1 is 1.42 bits per heavy atom. The van der Waals surface area contributed by atoms with Crippen LogP contribution in [0.4, 0.5) is 4.39 Å². The molecule has 6 heteroatoms. The smallest absolute Gasteiger partial charge is 0.335 e. The van der Waals surface area contributed by atoms with Gasteiger partial charge in [-0.05, 0) is 25.5 Å². The van der Waals surface area contributed by atoms with Gasteiger partial charge in [-0.2, -0.15) is 0 Å². The van der Waals surface area contributed by atoms with Crippen molar-refractivity contribution in [2.24, 2.45) is 0 Å². The standard InChI is InChI=1S/C13H16FNO4/c1-3-4-15-12(16)8(2)19-11-6-9(13(17)18)5-10(14)7-11/h5-8H,3-4H2,1-2H3,(H,15,16)(H,17,18). The Morgan fingerprint density at radius 2 is 2.11 bits per heavy atom. The van der Waals surface area contributed by atoms with Crippen LogP contribution in [0.15, 0.2) is 18.2 Å². The molecule has 104 valence electrons. The first-order valence-corrected chi connectivity index (χ1v) is 5.92. The molecule has 1 amide bonds. The summed E-state index contributed by atoms with van der Waals surface area (Å²) in [7, 11) is 0. The average molecular weight is 269 g/mol. The second-order valence-electron chi connectivity index (χ2n) is 4.03. The van der Waals surface area contributed by atoms with Crippen LogP contribution in [-0.2, 0) is 4.79 Å². The number of ether oxygens (including phenoxy) is 1. The van der Waals surface area contributed by atoms with Crippen LogP contribution in [0.1, 0.15) is 30.6 Å². The van der Waals surface area contributed by atoms with Crippen LogP contribution in [0.5, 0.6) is 5.75 Å². The monoisotopic (exact) mass is 269 g/mol. The summed E-state index contributed by atoms with van der Waals surface area (Å²) in [5.74, 6) is -2.30. The molecule has 0 bridgehead atoms. The molecule has 0 heterocycles. The van der Waals surface area contributed by atoms with Gasteiger partial charge >= 0.3 is 5.97 Å². The summed E-state index contributed by atoms with van der Waals surface area (Å²) < 4.78 is 18.4. The fourth-order valence-corrected chi connectivity index (χ4v) is 1.40. The summed E-state index contributed by atoms with van der Waals surface area (Å²) in [6.07, 6.45) is -0.0308. The van der Waals surface area contributed by atoms with Crippen molar-refractivity contribution in [1.82, 2.24) is 5.32 Å². The van der Waals surface area contributed by atoms with Crippen molar-refractivity contribution in [2.45, 2.75) is 26.4 Å². The van der Waals surface area contributed by atoms with E-state index in [1.165, 1.54) is 13.0 Å². The topological polar surface area (TPSA) is 75.6 Å². The van der Waals surface area contributed by atoms with Crippen LogP contribution in [0.2, 0.25) is 0 Å². The predicted molar refractivity (Wildman–Crippen MR) is 66.8 cm³/mol. The van der Waals surface area contributed by atoms with Crippen molar-refractivity contribution in [1.29, 1.82) is 0 Å². The van der Waals surface area contributed by atoms with Gasteiger partial charge in [-0.15, -0.1) is 0 Å². The zero-order valence-electron chi connectivity index (χ0n) is 10.8. The molecule has 0 radical (unpaired) electrons. The maximum atomic E-state index is 13.2. The molecular weight excluding hydrogens is 253 g/mol. The minimum Gasteiger partial charge on any atom is -0.481 e. The molecule has 19 heavy (non-hydrogen) atoms. The number of nitrogens with one attached hydrogen (secondary N) is 1. The Kier molecular flexibility index (Phi) is 5.29. The molecule has 0 aliphatic carbocycles. The molecule has 0 aliphatic rings. The molecule has 0 fully saturated rings. The summed E-state index contributed by atoms with van der Waals surface area (Å²) >= 11 is 0. The van der Waals surface area contributed by atoms with Crippen LogP contribution in [-0.4, -0.2) is 29.6 Å². The number of carbonyl (C=O) groups excluding carboxylic acids is 1. The van der Waals surface area contributed by atoms with E-state index in [0.717, 1.165) is 18.6 Å². The highest BCUT2D eigenvalue weighted by atomic mass is 19.1. The summed E-state index contributed by atoms with van der Waals surface area (Å²) in [4.78, 5) is 22.3. The van der Waals surface area contributed by atoms with Gasteiger partial charge in [-0.1, -0.05) is 6.92 Å². The molecule has 1 aromatic rings. The summed E-state index contributed by atoms with van der Waals surface area (Å²) in [6, 6.07) is 3.10. The molecule has 0 saturated heterocycles. The number of benzene rings is 1. The molecule has 1 rings (SSSR count). The first kappa shape index (κ1) is 14.9. The molecule has 1 unspecified atom stereocenters. The van der Waals surface area contributed by atoms with Crippen LogP contribution < -0.4 is 10.1 Å². The highest BCUT2D eigenvalue weighted by Gasteiger charge is 2.15. The number of rotatable bonds is 6. The Bertz CT molecular complexity index is 476. The highest BCUT2D eigenvalue weighted by Crippen LogP contribution is 2.18.